The van der Waals surface area contributed by atoms with Gasteiger partial charge in [0, 0.05) is 12.2 Å². The first-order chi connectivity index (χ1) is 10.8. The average Bonchev–Trinajstić information content (AvgIpc) is 2.45. The third kappa shape index (κ3) is 6.76. The number of amides is 1. The van der Waals surface area contributed by atoms with Crippen LogP contribution in [-0.4, -0.2) is 45.1 Å². The molecule has 0 saturated carbocycles. The molecule has 0 unspecified atom stereocenters. The van der Waals surface area contributed by atoms with Gasteiger partial charge < -0.3 is 10.1 Å². The predicted molar refractivity (Wildman–Crippen MR) is 92.6 cm³/mol. The van der Waals surface area contributed by atoms with Gasteiger partial charge in [-0.2, -0.15) is 4.31 Å². The van der Waals surface area contributed by atoms with Gasteiger partial charge in [-0.3, -0.25) is 4.79 Å². The van der Waals surface area contributed by atoms with E-state index < -0.39 is 15.9 Å². The van der Waals surface area contributed by atoms with Crippen LogP contribution in [0, 0.1) is 0 Å². The summed E-state index contributed by atoms with van der Waals surface area (Å²) in [6.45, 7) is 2.15. The molecule has 0 aromatic heterocycles. The fourth-order valence-corrected chi connectivity index (χ4v) is 3.08. The Hall–Kier alpha value is -1.31. The smallest absolute Gasteiger partial charge is 0.239 e. The highest BCUT2D eigenvalue weighted by molar-refractivity contribution is 7.88. The normalized spacial score (nSPS) is 11.5. The van der Waals surface area contributed by atoms with Gasteiger partial charge in [-0.25, -0.2) is 8.42 Å². The quantitative estimate of drug-likeness (QED) is 0.685. The van der Waals surface area contributed by atoms with Gasteiger partial charge in [-0.15, -0.1) is 0 Å². The molecule has 0 saturated heterocycles. The minimum Gasteiger partial charge on any atom is -0.495 e. The number of benzene rings is 1. The molecule has 0 aliphatic carbocycles. The maximum atomic E-state index is 12.1. The number of carbonyl (C=O) groups excluding carboxylic acids is 1. The van der Waals surface area contributed by atoms with Gasteiger partial charge in [0.1, 0.15) is 5.75 Å². The third-order valence-electron chi connectivity index (χ3n) is 3.24. The van der Waals surface area contributed by atoms with Crippen molar-refractivity contribution in [2.75, 3.05) is 31.8 Å². The van der Waals surface area contributed by atoms with E-state index in [9.17, 15) is 13.2 Å². The molecule has 1 rings (SSSR count). The van der Waals surface area contributed by atoms with Gasteiger partial charge >= 0.3 is 0 Å². The number of sulfonamides is 1. The summed E-state index contributed by atoms with van der Waals surface area (Å²) in [7, 11) is -1.93. The van der Waals surface area contributed by atoms with Crippen LogP contribution in [0.1, 0.15) is 26.2 Å². The number of nitrogens with zero attached hydrogens (tertiary/aromatic N) is 1. The molecular weight excluding hydrogens is 340 g/mol. The topological polar surface area (TPSA) is 75.7 Å². The Morgan fingerprint density at radius 1 is 1.35 bits per heavy atom. The van der Waals surface area contributed by atoms with E-state index in [1.54, 1.807) is 18.2 Å². The lowest BCUT2D eigenvalue weighted by Crippen LogP contribution is -2.38. The third-order valence-corrected chi connectivity index (χ3v) is 4.78. The molecule has 1 aromatic carbocycles. The number of nitrogens with one attached hydrogen (secondary N) is 1. The molecule has 0 bridgehead atoms. The number of halogens is 1. The van der Waals surface area contributed by atoms with E-state index in [1.807, 2.05) is 6.92 Å². The lowest BCUT2D eigenvalue weighted by molar-refractivity contribution is -0.116. The zero-order valence-corrected chi connectivity index (χ0v) is 15.2. The second kappa shape index (κ2) is 9.10. The largest absolute Gasteiger partial charge is 0.495 e. The molecule has 0 spiro atoms. The van der Waals surface area contributed by atoms with Crippen LogP contribution in [-0.2, 0) is 14.8 Å². The molecule has 1 amide bonds. The summed E-state index contributed by atoms with van der Waals surface area (Å²) in [6, 6.07) is 4.83. The van der Waals surface area contributed by atoms with E-state index in [1.165, 1.54) is 11.4 Å². The van der Waals surface area contributed by atoms with Crippen molar-refractivity contribution in [1.82, 2.24) is 4.31 Å². The van der Waals surface area contributed by atoms with Gasteiger partial charge in [0.05, 0.1) is 24.9 Å². The summed E-state index contributed by atoms with van der Waals surface area (Å²) in [5.74, 6) is 0.0927. The van der Waals surface area contributed by atoms with E-state index in [0.29, 0.717) is 23.0 Å². The van der Waals surface area contributed by atoms with Gasteiger partial charge in [0.25, 0.3) is 0 Å². The lowest BCUT2D eigenvalue weighted by atomic mass is 10.2. The van der Waals surface area contributed by atoms with E-state index in [-0.39, 0.29) is 6.54 Å². The number of carbonyl (C=O) groups is 1. The highest BCUT2D eigenvalue weighted by Crippen LogP contribution is 2.27. The molecule has 23 heavy (non-hydrogen) atoms. The maximum Gasteiger partial charge on any atom is 0.239 e. The second-order valence-corrected chi connectivity index (χ2v) is 7.59. The number of ether oxygens (including phenoxy) is 1. The Kier molecular flexibility index (Phi) is 7.81. The van der Waals surface area contributed by atoms with E-state index >= 15 is 0 Å². The van der Waals surface area contributed by atoms with E-state index in [4.69, 9.17) is 16.3 Å². The molecule has 0 aliphatic heterocycles. The molecule has 0 heterocycles. The van der Waals surface area contributed by atoms with E-state index in [2.05, 4.69) is 5.32 Å². The van der Waals surface area contributed by atoms with Crippen LogP contribution in [0.2, 0.25) is 5.02 Å². The molecule has 0 fully saturated rings. The molecule has 0 aliphatic rings. The van der Waals surface area contributed by atoms with Crippen molar-refractivity contribution in [2.24, 2.45) is 0 Å². The molecule has 130 valence electrons. The zero-order valence-electron chi connectivity index (χ0n) is 13.6. The van der Waals surface area contributed by atoms with Crippen LogP contribution in [0.15, 0.2) is 18.2 Å². The molecule has 0 atom stereocenters. The minimum absolute atomic E-state index is 0.216. The predicted octanol–water partition coefficient (Wildman–Crippen LogP) is 2.74. The van der Waals surface area contributed by atoms with Crippen LogP contribution >= 0.6 is 11.6 Å². The number of unbranched alkanes of at least 4 members (excludes halogenated alkanes) is 2. The minimum atomic E-state index is -3.43. The van der Waals surface area contributed by atoms with Gasteiger partial charge in [-0.1, -0.05) is 31.4 Å². The molecule has 0 radical (unpaired) electrons. The summed E-state index contributed by atoms with van der Waals surface area (Å²) in [4.78, 5) is 12.1. The van der Waals surface area contributed by atoms with Crippen molar-refractivity contribution in [1.29, 1.82) is 0 Å². The van der Waals surface area contributed by atoms with Crippen molar-refractivity contribution in [3.8, 4) is 5.75 Å². The maximum absolute atomic E-state index is 12.1. The Morgan fingerprint density at radius 3 is 2.57 bits per heavy atom. The highest BCUT2D eigenvalue weighted by atomic mass is 35.5. The van der Waals surface area contributed by atoms with Crippen molar-refractivity contribution < 1.29 is 17.9 Å². The summed E-state index contributed by atoms with van der Waals surface area (Å²) < 4.78 is 29.7. The molecule has 1 aromatic rings. The Balaban J connectivity index is 2.70. The molecule has 6 nitrogen and oxygen atoms in total. The Bertz CT molecular complexity index is 634. The van der Waals surface area contributed by atoms with Gasteiger partial charge in [0.15, 0.2) is 0 Å². The average molecular weight is 363 g/mol. The number of anilines is 1. The Labute approximate surface area is 142 Å². The van der Waals surface area contributed by atoms with Gasteiger partial charge in [-0.05, 0) is 24.6 Å². The number of methoxy groups -OCH3 is 1. The fraction of sp³-hybridized carbons (Fsp3) is 0.533. The monoisotopic (exact) mass is 362 g/mol. The molecular formula is C15H23ClN2O4S. The number of hydrogen-bond donors (Lipinski definition) is 1. The first-order valence-corrected chi connectivity index (χ1v) is 9.59. The van der Waals surface area contributed by atoms with Crippen LogP contribution in [0.4, 0.5) is 5.69 Å². The summed E-state index contributed by atoms with van der Waals surface area (Å²) in [6.07, 6.45) is 3.73. The number of rotatable bonds is 9. The fourth-order valence-electron chi connectivity index (χ4n) is 2.01. The second-order valence-electron chi connectivity index (χ2n) is 5.20. The zero-order chi connectivity index (χ0) is 17.5. The van der Waals surface area contributed by atoms with Crippen LogP contribution in [0.3, 0.4) is 0 Å². The van der Waals surface area contributed by atoms with Crippen molar-refractivity contribution >= 4 is 33.2 Å². The summed E-state index contributed by atoms with van der Waals surface area (Å²) in [5.41, 5.74) is 0.489. The van der Waals surface area contributed by atoms with Crippen molar-refractivity contribution in [3.63, 3.8) is 0 Å². The van der Waals surface area contributed by atoms with Crippen LogP contribution in [0.25, 0.3) is 0 Å². The number of hydrogen-bond acceptors (Lipinski definition) is 4. The first kappa shape index (κ1) is 19.7. The lowest BCUT2D eigenvalue weighted by Gasteiger charge is -2.19. The van der Waals surface area contributed by atoms with Crippen molar-refractivity contribution in [3.05, 3.63) is 23.2 Å². The highest BCUT2D eigenvalue weighted by Gasteiger charge is 2.19. The standard InChI is InChI=1S/C15H23ClN2O4S/c1-4-5-6-9-18(23(3,20)21)11-15(19)17-12-7-8-14(22-2)13(16)10-12/h7-8,10H,4-6,9,11H2,1-3H3,(H,17,19). The van der Waals surface area contributed by atoms with Crippen LogP contribution in [0.5, 0.6) is 5.75 Å². The molecule has 1 N–H and O–H groups in total. The SMILES string of the molecule is CCCCCN(CC(=O)Nc1ccc(OC)c(Cl)c1)S(C)(=O)=O. The van der Waals surface area contributed by atoms with Gasteiger partial charge in [0.2, 0.25) is 15.9 Å². The summed E-state index contributed by atoms with van der Waals surface area (Å²) >= 11 is 5.99. The summed E-state index contributed by atoms with van der Waals surface area (Å²) in [5, 5.41) is 3.01. The van der Waals surface area contributed by atoms with Crippen LogP contribution < -0.4 is 10.1 Å². The van der Waals surface area contributed by atoms with Crippen molar-refractivity contribution in [2.45, 2.75) is 26.2 Å². The first-order valence-electron chi connectivity index (χ1n) is 7.36. The Morgan fingerprint density at radius 2 is 2.04 bits per heavy atom. The van der Waals surface area contributed by atoms with E-state index in [0.717, 1.165) is 25.5 Å². The molecule has 8 heteroatoms.